The van der Waals surface area contributed by atoms with E-state index in [1.54, 1.807) is 0 Å². The normalized spacial score (nSPS) is 26.6. The number of amides is 1. The van der Waals surface area contributed by atoms with Crippen LogP contribution in [0.4, 0.5) is 0 Å². The number of carbonyl (C=O) groups excluding carboxylic acids is 1. The molecule has 0 radical (unpaired) electrons. The molecule has 4 rings (SSSR count). The van der Waals surface area contributed by atoms with Gasteiger partial charge in [0.2, 0.25) is 5.91 Å². The van der Waals surface area contributed by atoms with E-state index in [-0.39, 0.29) is 11.7 Å². The molecule has 1 heterocycles. The van der Waals surface area contributed by atoms with E-state index in [4.69, 9.17) is 0 Å². The molecule has 1 N–H and O–H groups in total. The third kappa shape index (κ3) is 2.48. The number of benzene rings is 1. The molecule has 1 unspecified atom stereocenters. The Morgan fingerprint density at radius 3 is 2.57 bits per heavy atom. The molecular formula is C18H24N2O. The van der Waals surface area contributed by atoms with Crippen LogP contribution in [-0.2, 0) is 4.79 Å². The Bertz CT molecular complexity index is 543. The van der Waals surface area contributed by atoms with E-state index >= 15 is 0 Å². The van der Waals surface area contributed by atoms with Crippen LogP contribution in [0, 0.1) is 12.8 Å². The van der Waals surface area contributed by atoms with Gasteiger partial charge in [0.1, 0.15) is 11.7 Å². The molecule has 21 heavy (non-hydrogen) atoms. The van der Waals surface area contributed by atoms with Crippen molar-refractivity contribution in [3.8, 4) is 0 Å². The van der Waals surface area contributed by atoms with Crippen LogP contribution in [0.1, 0.15) is 55.8 Å². The molecule has 112 valence electrons. The van der Waals surface area contributed by atoms with E-state index < -0.39 is 0 Å². The van der Waals surface area contributed by atoms with Gasteiger partial charge >= 0.3 is 0 Å². The van der Waals surface area contributed by atoms with Gasteiger partial charge in [-0.2, -0.15) is 0 Å². The molecule has 1 aromatic carbocycles. The predicted molar refractivity (Wildman–Crippen MR) is 82.7 cm³/mol. The lowest BCUT2D eigenvalue weighted by Crippen LogP contribution is -2.33. The molecular weight excluding hydrogens is 260 g/mol. The van der Waals surface area contributed by atoms with Crippen LogP contribution in [0.2, 0.25) is 0 Å². The largest absolute Gasteiger partial charge is 0.321 e. The van der Waals surface area contributed by atoms with Crippen LogP contribution in [-0.4, -0.2) is 22.9 Å². The summed E-state index contributed by atoms with van der Waals surface area (Å²) in [5.41, 5.74) is 2.28. The van der Waals surface area contributed by atoms with Crippen molar-refractivity contribution in [2.45, 2.75) is 57.2 Å². The van der Waals surface area contributed by atoms with Crippen molar-refractivity contribution in [1.29, 1.82) is 0 Å². The molecule has 0 bridgehead atoms. The maximum atomic E-state index is 12.7. The molecule has 1 spiro atoms. The first-order valence-corrected chi connectivity index (χ1v) is 8.33. The highest BCUT2D eigenvalue weighted by molar-refractivity contribution is 5.92. The molecule has 1 aliphatic heterocycles. The summed E-state index contributed by atoms with van der Waals surface area (Å²) in [5, 5.41) is 3.61. The highest BCUT2D eigenvalue weighted by Crippen LogP contribution is 2.46. The molecule has 3 aliphatic rings. The van der Waals surface area contributed by atoms with E-state index in [0.717, 1.165) is 31.7 Å². The fourth-order valence-electron chi connectivity index (χ4n) is 3.48. The second-order valence-corrected chi connectivity index (χ2v) is 7.12. The Morgan fingerprint density at radius 1 is 1.24 bits per heavy atom. The summed E-state index contributed by atoms with van der Waals surface area (Å²) in [4.78, 5) is 14.8. The average Bonchev–Trinajstić information content (AvgIpc) is 3.37. The zero-order valence-corrected chi connectivity index (χ0v) is 12.8. The van der Waals surface area contributed by atoms with Gasteiger partial charge in [0, 0.05) is 6.54 Å². The lowest BCUT2D eigenvalue weighted by molar-refractivity contribution is -0.130. The van der Waals surface area contributed by atoms with Gasteiger partial charge in [-0.1, -0.05) is 42.7 Å². The minimum atomic E-state index is -0.213. The maximum Gasteiger partial charge on any atom is 0.244 e. The Morgan fingerprint density at radius 2 is 1.95 bits per heavy atom. The zero-order valence-electron chi connectivity index (χ0n) is 12.8. The van der Waals surface area contributed by atoms with Crippen molar-refractivity contribution < 1.29 is 4.79 Å². The van der Waals surface area contributed by atoms with Gasteiger partial charge in [0.15, 0.2) is 0 Å². The molecule has 1 aromatic rings. The summed E-state index contributed by atoms with van der Waals surface area (Å²) in [5.74, 6) is 1.28. The molecule has 3 nitrogen and oxygen atoms in total. The quantitative estimate of drug-likeness (QED) is 0.901. The number of hydrogen-bond acceptors (Lipinski definition) is 2. The summed E-state index contributed by atoms with van der Waals surface area (Å²) >= 11 is 0. The first-order chi connectivity index (χ1) is 10.2. The molecule has 2 aliphatic carbocycles. The Labute approximate surface area is 126 Å². The molecule has 0 aromatic heterocycles. The van der Waals surface area contributed by atoms with Gasteiger partial charge in [-0.25, -0.2) is 0 Å². The minimum absolute atomic E-state index is 0.0832. The van der Waals surface area contributed by atoms with Gasteiger partial charge in [0.25, 0.3) is 0 Å². The molecule has 1 amide bonds. The third-order valence-electron chi connectivity index (χ3n) is 5.25. The first kappa shape index (κ1) is 13.3. The van der Waals surface area contributed by atoms with Crippen molar-refractivity contribution in [3.63, 3.8) is 0 Å². The first-order valence-electron chi connectivity index (χ1n) is 8.33. The molecule has 3 fully saturated rings. The van der Waals surface area contributed by atoms with E-state index in [2.05, 4.69) is 41.4 Å². The second-order valence-electron chi connectivity index (χ2n) is 7.12. The lowest BCUT2D eigenvalue weighted by atomic mass is 10.1. The number of hydrogen-bond donors (Lipinski definition) is 1. The lowest BCUT2D eigenvalue weighted by Gasteiger charge is -2.24. The van der Waals surface area contributed by atoms with Crippen LogP contribution < -0.4 is 5.32 Å². The van der Waals surface area contributed by atoms with Crippen molar-refractivity contribution in [1.82, 2.24) is 10.2 Å². The molecule has 3 heteroatoms. The maximum absolute atomic E-state index is 12.7. The van der Waals surface area contributed by atoms with E-state index in [1.807, 2.05) is 0 Å². The van der Waals surface area contributed by atoms with E-state index in [1.165, 1.54) is 30.4 Å². The number of carbonyl (C=O) groups is 1. The SMILES string of the molecule is Cc1ccc(C2NC3(CC3)C(=O)N2CCCC2CC2)cc1. The van der Waals surface area contributed by atoms with Gasteiger partial charge in [-0.15, -0.1) is 0 Å². The van der Waals surface area contributed by atoms with Crippen molar-refractivity contribution in [2.24, 2.45) is 5.92 Å². The Kier molecular flexibility index (Phi) is 3.07. The highest BCUT2D eigenvalue weighted by atomic mass is 16.2. The molecule has 1 saturated heterocycles. The van der Waals surface area contributed by atoms with E-state index in [0.29, 0.717) is 5.91 Å². The van der Waals surface area contributed by atoms with Gasteiger partial charge in [-0.3, -0.25) is 10.1 Å². The summed E-state index contributed by atoms with van der Waals surface area (Å²) < 4.78 is 0. The zero-order chi connectivity index (χ0) is 14.4. The summed E-state index contributed by atoms with van der Waals surface area (Å²) in [6.07, 6.45) is 7.34. The van der Waals surface area contributed by atoms with Crippen molar-refractivity contribution >= 4 is 5.91 Å². The molecule has 1 atom stereocenters. The van der Waals surface area contributed by atoms with Crippen molar-refractivity contribution in [3.05, 3.63) is 35.4 Å². The smallest absolute Gasteiger partial charge is 0.244 e. The highest BCUT2D eigenvalue weighted by Gasteiger charge is 2.59. The third-order valence-corrected chi connectivity index (χ3v) is 5.25. The van der Waals surface area contributed by atoms with Crippen LogP contribution >= 0.6 is 0 Å². The van der Waals surface area contributed by atoms with Gasteiger partial charge in [-0.05, 0) is 44.1 Å². The summed E-state index contributed by atoms with van der Waals surface area (Å²) in [7, 11) is 0. The molecule has 2 saturated carbocycles. The van der Waals surface area contributed by atoms with Crippen LogP contribution in [0.15, 0.2) is 24.3 Å². The Hall–Kier alpha value is -1.35. The fraction of sp³-hybridized carbons (Fsp3) is 0.611. The van der Waals surface area contributed by atoms with E-state index in [9.17, 15) is 4.79 Å². The topological polar surface area (TPSA) is 32.3 Å². The number of nitrogens with one attached hydrogen (secondary N) is 1. The van der Waals surface area contributed by atoms with Crippen LogP contribution in [0.5, 0.6) is 0 Å². The van der Waals surface area contributed by atoms with Crippen LogP contribution in [0.3, 0.4) is 0 Å². The second kappa shape index (κ2) is 4.84. The standard InChI is InChI=1S/C18H24N2O/c1-13-4-8-15(9-5-13)16-19-18(10-11-18)17(21)20(16)12-2-3-14-6-7-14/h4-5,8-9,14,16,19H,2-3,6-7,10-12H2,1H3. The fourth-order valence-corrected chi connectivity index (χ4v) is 3.48. The minimum Gasteiger partial charge on any atom is -0.321 e. The summed E-state index contributed by atoms with van der Waals surface area (Å²) in [6, 6.07) is 8.61. The predicted octanol–water partition coefficient (Wildman–Crippen LogP) is 3.15. The van der Waals surface area contributed by atoms with Gasteiger partial charge in [0.05, 0.1) is 0 Å². The average molecular weight is 284 g/mol. The number of aryl methyl sites for hydroxylation is 1. The summed E-state index contributed by atoms with van der Waals surface area (Å²) in [6.45, 7) is 3.01. The number of nitrogens with zero attached hydrogens (tertiary/aromatic N) is 1. The monoisotopic (exact) mass is 284 g/mol. The number of rotatable bonds is 5. The van der Waals surface area contributed by atoms with Crippen molar-refractivity contribution in [2.75, 3.05) is 6.54 Å². The van der Waals surface area contributed by atoms with Gasteiger partial charge < -0.3 is 4.90 Å². The Balaban J connectivity index is 1.51. The van der Waals surface area contributed by atoms with Crippen LogP contribution in [0.25, 0.3) is 0 Å².